The lowest BCUT2D eigenvalue weighted by Gasteiger charge is -2.08. The molecule has 1 atom stereocenters. The molecule has 14 heavy (non-hydrogen) atoms. The van der Waals surface area contributed by atoms with Crippen molar-refractivity contribution < 1.29 is 4.79 Å². The second-order valence-corrected chi connectivity index (χ2v) is 4.26. The maximum absolute atomic E-state index is 11.4. The maximum atomic E-state index is 11.4. The molecule has 1 unspecified atom stereocenters. The number of hydrogen-bond donors (Lipinski definition) is 1. The minimum atomic E-state index is 0.137. The summed E-state index contributed by atoms with van der Waals surface area (Å²) in [6.07, 6.45) is 1.84. The van der Waals surface area contributed by atoms with Crippen molar-refractivity contribution in [1.82, 2.24) is 5.32 Å². The van der Waals surface area contributed by atoms with Crippen LogP contribution in [0.4, 0.5) is 0 Å². The lowest BCUT2D eigenvalue weighted by molar-refractivity contribution is -0.124. The van der Waals surface area contributed by atoms with E-state index < -0.39 is 0 Å². The smallest absolute Gasteiger partial charge is 0.222 e. The van der Waals surface area contributed by atoms with E-state index in [0.29, 0.717) is 0 Å². The second kappa shape index (κ2) is 5.81. The molecule has 1 N–H and O–H groups in total. The maximum Gasteiger partial charge on any atom is 0.222 e. The zero-order valence-corrected chi connectivity index (χ0v) is 9.56. The Hall–Kier alpha value is -0.830. The third-order valence-corrected chi connectivity index (χ3v) is 3.09. The second-order valence-electron chi connectivity index (χ2n) is 3.48. The molecule has 78 valence electrons. The summed E-state index contributed by atoms with van der Waals surface area (Å²) in [6.45, 7) is 4.74. The van der Waals surface area contributed by atoms with Crippen molar-refractivity contribution in [3.8, 4) is 0 Å². The Labute approximate surface area is 89.3 Å². The Bertz CT molecular complexity index is 269. The highest BCUT2D eigenvalue weighted by molar-refractivity contribution is 7.07. The Morgan fingerprint density at radius 2 is 2.43 bits per heavy atom. The largest absolute Gasteiger partial charge is 0.356 e. The zero-order valence-electron chi connectivity index (χ0n) is 8.75. The molecule has 0 radical (unpaired) electrons. The highest BCUT2D eigenvalue weighted by Crippen LogP contribution is 2.06. The summed E-state index contributed by atoms with van der Waals surface area (Å²) >= 11 is 1.70. The van der Waals surface area contributed by atoms with Crippen molar-refractivity contribution in [2.24, 2.45) is 5.92 Å². The van der Waals surface area contributed by atoms with Crippen molar-refractivity contribution >= 4 is 17.2 Å². The molecule has 0 saturated carbocycles. The first-order valence-corrected chi connectivity index (χ1v) is 5.97. The molecule has 0 aliphatic rings. The quantitative estimate of drug-likeness (QED) is 0.796. The molecule has 3 heteroatoms. The normalized spacial score (nSPS) is 12.4. The van der Waals surface area contributed by atoms with Gasteiger partial charge in [0.2, 0.25) is 5.91 Å². The number of carbonyl (C=O) groups excluding carboxylic acids is 1. The Morgan fingerprint density at radius 3 is 3.00 bits per heavy atom. The predicted molar refractivity (Wildman–Crippen MR) is 60.5 cm³/mol. The molecule has 0 bridgehead atoms. The van der Waals surface area contributed by atoms with E-state index in [1.807, 2.05) is 13.8 Å². The number of nitrogens with one attached hydrogen (secondary N) is 1. The standard InChI is InChI=1S/C11H17NOS/c1-3-9(2)11(13)12-6-4-10-5-7-14-8-10/h5,7-9H,3-4,6H2,1-2H3,(H,12,13). The lowest BCUT2D eigenvalue weighted by Crippen LogP contribution is -2.30. The van der Waals surface area contributed by atoms with Gasteiger partial charge in [-0.05, 0) is 35.2 Å². The molecule has 1 rings (SSSR count). The Kier molecular flexibility index (Phi) is 4.66. The molecular weight excluding hydrogens is 194 g/mol. The van der Waals surface area contributed by atoms with Crippen LogP contribution in [0.15, 0.2) is 16.8 Å². The number of carbonyl (C=O) groups is 1. The molecule has 0 spiro atoms. The summed E-state index contributed by atoms with van der Waals surface area (Å²) in [4.78, 5) is 11.4. The van der Waals surface area contributed by atoms with Crippen LogP contribution in [-0.2, 0) is 11.2 Å². The van der Waals surface area contributed by atoms with Crippen LogP contribution in [0.5, 0.6) is 0 Å². The van der Waals surface area contributed by atoms with Crippen LogP contribution in [0.2, 0.25) is 0 Å². The lowest BCUT2D eigenvalue weighted by atomic mass is 10.1. The van der Waals surface area contributed by atoms with Gasteiger partial charge >= 0.3 is 0 Å². The first kappa shape index (κ1) is 11.2. The van der Waals surface area contributed by atoms with Gasteiger partial charge in [-0.25, -0.2) is 0 Å². The third kappa shape index (κ3) is 3.50. The molecule has 2 nitrogen and oxygen atoms in total. The highest BCUT2D eigenvalue weighted by Gasteiger charge is 2.08. The molecule has 0 fully saturated rings. The van der Waals surface area contributed by atoms with Crippen molar-refractivity contribution in [2.45, 2.75) is 26.7 Å². The number of hydrogen-bond acceptors (Lipinski definition) is 2. The van der Waals surface area contributed by atoms with Gasteiger partial charge in [0.25, 0.3) is 0 Å². The molecular formula is C11H17NOS. The molecule has 1 aromatic rings. The molecule has 0 aromatic carbocycles. The predicted octanol–water partition coefficient (Wildman–Crippen LogP) is 2.45. The van der Waals surface area contributed by atoms with E-state index in [1.165, 1.54) is 5.56 Å². The summed E-state index contributed by atoms with van der Waals surface area (Å²) in [7, 11) is 0. The average Bonchev–Trinajstić information content (AvgIpc) is 2.69. The Morgan fingerprint density at radius 1 is 1.64 bits per heavy atom. The van der Waals surface area contributed by atoms with Gasteiger partial charge in [-0.3, -0.25) is 4.79 Å². The van der Waals surface area contributed by atoms with E-state index >= 15 is 0 Å². The van der Waals surface area contributed by atoms with Gasteiger partial charge in [-0.1, -0.05) is 13.8 Å². The first-order chi connectivity index (χ1) is 6.74. The molecule has 0 saturated heterocycles. The summed E-state index contributed by atoms with van der Waals surface area (Å²) in [5.41, 5.74) is 1.31. The molecule has 1 aromatic heterocycles. The SMILES string of the molecule is CCC(C)C(=O)NCCc1ccsc1. The van der Waals surface area contributed by atoms with Gasteiger partial charge in [0.05, 0.1) is 0 Å². The number of rotatable bonds is 5. The van der Waals surface area contributed by atoms with Crippen LogP contribution in [0.25, 0.3) is 0 Å². The van der Waals surface area contributed by atoms with Gasteiger partial charge in [-0.2, -0.15) is 11.3 Å². The van der Waals surface area contributed by atoms with Crippen molar-refractivity contribution in [3.05, 3.63) is 22.4 Å². The molecule has 1 heterocycles. The van der Waals surface area contributed by atoms with Crippen LogP contribution >= 0.6 is 11.3 Å². The van der Waals surface area contributed by atoms with Crippen LogP contribution in [-0.4, -0.2) is 12.5 Å². The van der Waals surface area contributed by atoms with E-state index in [4.69, 9.17) is 0 Å². The number of amides is 1. The van der Waals surface area contributed by atoms with Crippen LogP contribution in [0, 0.1) is 5.92 Å². The van der Waals surface area contributed by atoms with Crippen molar-refractivity contribution in [2.75, 3.05) is 6.54 Å². The summed E-state index contributed by atoms with van der Waals surface area (Å²) in [6, 6.07) is 2.10. The van der Waals surface area contributed by atoms with Crippen LogP contribution in [0.3, 0.4) is 0 Å². The van der Waals surface area contributed by atoms with E-state index in [9.17, 15) is 4.79 Å². The van der Waals surface area contributed by atoms with E-state index in [0.717, 1.165) is 19.4 Å². The summed E-state index contributed by atoms with van der Waals surface area (Å²) in [5, 5.41) is 7.12. The van der Waals surface area contributed by atoms with Gasteiger partial charge in [-0.15, -0.1) is 0 Å². The van der Waals surface area contributed by atoms with E-state index in [1.54, 1.807) is 11.3 Å². The first-order valence-electron chi connectivity index (χ1n) is 5.02. The van der Waals surface area contributed by atoms with Gasteiger partial charge in [0.1, 0.15) is 0 Å². The van der Waals surface area contributed by atoms with Gasteiger partial charge in [0.15, 0.2) is 0 Å². The van der Waals surface area contributed by atoms with Gasteiger partial charge in [0, 0.05) is 12.5 Å². The number of thiophene rings is 1. The topological polar surface area (TPSA) is 29.1 Å². The molecule has 0 aliphatic carbocycles. The third-order valence-electron chi connectivity index (χ3n) is 2.35. The van der Waals surface area contributed by atoms with Crippen molar-refractivity contribution in [3.63, 3.8) is 0 Å². The fourth-order valence-electron chi connectivity index (χ4n) is 1.12. The van der Waals surface area contributed by atoms with Crippen molar-refractivity contribution in [1.29, 1.82) is 0 Å². The van der Waals surface area contributed by atoms with E-state index in [2.05, 4.69) is 22.1 Å². The summed E-state index contributed by atoms with van der Waals surface area (Å²) in [5.74, 6) is 0.306. The summed E-state index contributed by atoms with van der Waals surface area (Å²) < 4.78 is 0. The van der Waals surface area contributed by atoms with Crippen LogP contribution in [0.1, 0.15) is 25.8 Å². The average molecular weight is 211 g/mol. The monoisotopic (exact) mass is 211 g/mol. The van der Waals surface area contributed by atoms with Crippen LogP contribution < -0.4 is 5.32 Å². The molecule has 1 amide bonds. The fourth-order valence-corrected chi connectivity index (χ4v) is 1.83. The minimum Gasteiger partial charge on any atom is -0.356 e. The highest BCUT2D eigenvalue weighted by atomic mass is 32.1. The van der Waals surface area contributed by atoms with E-state index in [-0.39, 0.29) is 11.8 Å². The fraction of sp³-hybridized carbons (Fsp3) is 0.545. The zero-order chi connectivity index (χ0) is 10.4. The minimum absolute atomic E-state index is 0.137. The molecule has 0 aliphatic heterocycles. The Balaban J connectivity index is 2.18. The van der Waals surface area contributed by atoms with Gasteiger partial charge < -0.3 is 5.32 Å².